The minimum atomic E-state index is -3.42. The molecule has 1 atom stereocenters. The van der Waals surface area contributed by atoms with E-state index in [0.29, 0.717) is 6.61 Å². The predicted octanol–water partition coefficient (Wildman–Crippen LogP) is 0.552. The van der Waals surface area contributed by atoms with Gasteiger partial charge in [-0.05, 0) is 12.8 Å². The highest BCUT2D eigenvalue weighted by atomic mass is 32.2. The van der Waals surface area contributed by atoms with Gasteiger partial charge >= 0.3 is 5.97 Å². The molecule has 0 aromatic heterocycles. The van der Waals surface area contributed by atoms with Crippen molar-refractivity contribution >= 4 is 16.1 Å². The Kier molecular flexibility index (Phi) is 5.71. The van der Waals surface area contributed by atoms with E-state index in [1.165, 1.54) is 0 Å². The van der Waals surface area contributed by atoms with Gasteiger partial charge in [-0.1, -0.05) is 6.92 Å². The summed E-state index contributed by atoms with van der Waals surface area (Å²) in [4.78, 5) is 11.0. The summed E-state index contributed by atoms with van der Waals surface area (Å²) >= 11 is 0. The van der Waals surface area contributed by atoms with Crippen LogP contribution in [-0.4, -0.2) is 33.9 Å². The number of ether oxygens (including phenoxy) is 1. The lowest BCUT2D eigenvalue weighted by Crippen LogP contribution is -2.16. The van der Waals surface area contributed by atoms with Gasteiger partial charge in [-0.2, -0.15) is 8.42 Å². The lowest BCUT2D eigenvalue weighted by molar-refractivity contribution is -0.144. The highest BCUT2D eigenvalue weighted by molar-refractivity contribution is 7.85. The second kappa shape index (κ2) is 5.98. The molecule has 14 heavy (non-hydrogen) atoms. The third-order valence-corrected chi connectivity index (χ3v) is 1.95. The van der Waals surface area contributed by atoms with Gasteiger partial charge in [-0.25, -0.2) is 0 Å². The van der Waals surface area contributed by atoms with E-state index in [1.54, 1.807) is 13.8 Å². The van der Waals surface area contributed by atoms with Crippen molar-refractivity contribution in [3.63, 3.8) is 0 Å². The van der Waals surface area contributed by atoms with E-state index in [-0.39, 0.29) is 24.9 Å². The Morgan fingerprint density at radius 2 is 2.00 bits per heavy atom. The third-order valence-electron chi connectivity index (χ3n) is 1.39. The van der Waals surface area contributed by atoms with Crippen LogP contribution in [0.5, 0.6) is 0 Å². The molecule has 0 aliphatic heterocycles. The van der Waals surface area contributed by atoms with Crippen LogP contribution < -0.4 is 0 Å². The van der Waals surface area contributed by atoms with Crippen molar-refractivity contribution in [3.05, 3.63) is 0 Å². The predicted molar refractivity (Wildman–Crippen MR) is 51.2 cm³/mol. The molecule has 6 heteroatoms. The zero-order chi connectivity index (χ0) is 11.2. The van der Waals surface area contributed by atoms with Crippen molar-refractivity contribution in [2.24, 2.45) is 5.92 Å². The number of carbonyl (C=O) groups excluding carboxylic acids is 1. The van der Waals surface area contributed by atoms with Crippen molar-refractivity contribution in [1.29, 1.82) is 0 Å². The van der Waals surface area contributed by atoms with Crippen LogP contribution in [0.1, 0.15) is 20.3 Å². The first kappa shape index (κ1) is 13.4. The van der Waals surface area contributed by atoms with Gasteiger partial charge in [-0.3, -0.25) is 8.98 Å². The standard InChI is InChI=1S/C8H16O5S/c1-4-12-8(9)5-7(2)6-13-14(3,10)11/h7H,4-6H2,1-3H3. The minimum Gasteiger partial charge on any atom is -0.466 e. The van der Waals surface area contributed by atoms with Crippen LogP contribution in [0, 0.1) is 5.92 Å². The van der Waals surface area contributed by atoms with Crippen LogP contribution in [-0.2, 0) is 23.8 Å². The first-order chi connectivity index (χ1) is 6.35. The molecule has 0 heterocycles. The Balaban J connectivity index is 3.76. The number of carbonyl (C=O) groups is 1. The quantitative estimate of drug-likeness (QED) is 0.487. The second-order valence-electron chi connectivity index (χ2n) is 3.10. The lowest BCUT2D eigenvalue weighted by Gasteiger charge is -2.09. The molecular formula is C8H16O5S. The molecular weight excluding hydrogens is 208 g/mol. The van der Waals surface area contributed by atoms with Gasteiger partial charge in [-0.15, -0.1) is 0 Å². The summed E-state index contributed by atoms with van der Waals surface area (Å²) in [6.45, 7) is 3.79. The zero-order valence-electron chi connectivity index (χ0n) is 8.65. The normalized spacial score (nSPS) is 13.6. The zero-order valence-corrected chi connectivity index (χ0v) is 9.46. The summed E-state index contributed by atoms with van der Waals surface area (Å²) in [6.07, 6.45) is 1.15. The maximum Gasteiger partial charge on any atom is 0.306 e. The molecule has 0 aromatic rings. The average molecular weight is 224 g/mol. The van der Waals surface area contributed by atoms with Crippen LogP contribution in [0.2, 0.25) is 0 Å². The van der Waals surface area contributed by atoms with Crippen LogP contribution in [0.15, 0.2) is 0 Å². The molecule has 0 saturated heterocycles. The van der Waals surface area contributed by atoms with Crippen molar-refractivity contribution < 1.29 is 22.1 Å². The second-order valence-corrected chi connectivity index (χ2v) is 4.75. The molecule has 0 bridgehead atoms. The maximum absolute atomic E-state index is 11.0. The molecule has 0 amide bonds. The lowest BCUT2D eigenvalue weighted by atomic mass is 10.1. The van der Waals surface area contributed by atoms with Gasteiger partial charge in [0.15, 0.2) is 0 Å². The fourth-order valence-electron chi connectivity index (χ4n) is 0.803. The fourth-order valence-corrected chi connectivity index (χ4v) is 1.28. The Labute approximate surface area is 84.5 Å². The summed E-state index contributed by atoms with van der Waals surface area (Å²) < 4.78 is 30.5. The van der Waals surface area contributed by atoms with E-state index in [9.17, 15) is 13.2 Å². The molecule has 0 rings (SSSR count). The third kappa shape index (κ3) is 8.00. The van der Waals surface area contributed by atoms with Gasteiger partial charge < -0.3 is 4.74 Å². The number of rotatable bonds is 6. The largest absolute Gasteiger partial charge is 0.466 e. The van der Waals surface area contributed by atoms with Crippen LogP contribution in [0.3, 0.4) is 0 Å². The van der Waals surface area contributed by atoms with Crippen LogP contribution >= 0.6 is 0 Å². The first-order valence-corrected chi connectivity index (χ1v) is 6.16. The topological polar surface area (TPSA) is 69.7 Å². The Hall–Kier alpha value is -0.620. The minimum absolute atomic E-state index is 0.0116. The Morgan fingerprint density at radius 3 is 2.43 bits per heavy atom. The molecule has 0 aliphatic carbocycles. The molecule has 0 N–H and O–H groups in total. The molecule has 1 unspecified atom stereocenters. The van der Waals surface area contributed by atoms with Gasteiger partial charge in [0.05, 0.1) is 25.9 Å². The van der Waals surface area contributed by atoms with Crippen molar-refractivity contribution in [2.45, 2.75) is 20.3 Å². The van der Waals surface area contributed by atoms with E-state index < -0.39 is 10.1 Å². The molecule has 84 valence electrons. The highest BCUT2D eigenvalue weighted by Gasteiger charge is 2.12. The number of hydrogen-bond acceptors (Lipinski definition) is 5. The van der Waals surface area contributed by atoms with E-state index in [0.717, 1.165) is 6.26 Å². The number of esters is 1. The van der Waals surface area contributed by atoms with Crippen molar-refractivity contribution in [2.75, 3.05) is 19.5 Å². The average Bonchev–Trinajstić information content (AvgIpc) is 2.00. The summed E-state index contributed by atoms with van der Waals surface area (Å²) in [5.41, 5.74) is 0. The van der Waals surface area contributed by atoms with Gasteiger partial charge in [0.2, 0.25) is 0 Å². The SMILES string of the molecule is CCOC(=O)CC(C)COS(C)(=O)=O. The Morgan fingerprint density at radius 1 is 1.43 bits per heavy atom. The molecule has 0 radical (unpaired) electrons. The van der Waals surface area contributed by atoms with Gasteiger partial charge in [0.1, 0.15) is 0 Å². The van der Waals surface area contributed by atoms with Crippen LogP contribution in [0.4, 0.5) is 0 Å². The van der Waals surface area contributed by atoms with Crippen LogP contribution in [0.25, 0.3) is 0 Å². The van der Waals surface area contributed by atoms with E-state index >= 15 is 0 Å². The van der Waals surface area contributed by atoms with Crippen molar-refractivity contribution in [1.82, 2.24) is 0 Å². The monoisotopic (exact) mass is 224 g/mol. The fraction of sp³-hybridized carbons (Fsp3) is 0.875. The molecule has 0 spiro atoms. The summed E-state index contributed by atoms with van der Waals surface area (Å²) in [7, 11) is -3.42. The molecule has 5 nitrogen and oxygen atoms in total. The summed E-state index contributed by atoms with van der Waals surface area (Å²) in [6, 6.07) is 0. The van der Waals surface area contributed by atoms with Gasteiger partial charge in [0.25, 0.3) is 10.1 Å². The number of hydrogen-bond donors (Lipinski definition) is 0. The summed E-state index contributed by atoms with van der Waals surface area (Å²) in [5.74, 6) is -0.499. The Bertz CT molecular complexity index is 269. The molecule has 0 aliphatic rings. The maximum atomic E-state index is 11.0. The molecule has 0 aromatic carbocycles. The van der Waals surface area contributed by atoms with E-state index in [4.69, 9.17) is 4.74 Å². The van der Waals surface area contributed by atoms with E-state index in [2.05, 4.69) is 4.18 Å². The molecule has 0 fully saturated rings. The van der Waals surface area contributed by atoms with Gasteiger partial charge in [0, 0.05) is 0 Å². The van der Waals surface area contributed by atoms with Crippen molar-refractivity contribution in [3.8, 4) is 0 Å². The molecule has 0 saturated carbocycles. The first-order valence-electron chi connectivity index (χ1n) is 4.35. The summed E-state index contributed by atoms with van der Waals surface area (Å²) in [5, 5.41) is 0. The smallest absolute Gasteiger partial charge is 0.306 e. The van der Waals surface area contributed by atoms with E-state index in [1.807, 2.05) is 0 Å². The highest BCUT2D eigenvalue weighted by Crippen LogP contribution is 2.05.